The summed E-state index contributed by atoms with van der Waals surface area (Å²) in [4.78, 5) is 7.23. The lowest BCUT2D eigenvalue weighted by Gasteiger charge is -1.86. The lowest BCUT2D eigenvalue weighted by atomic mass is 10.3. The highest BCUT2D eigenvalue weighted by molar-refractivity contribution is 5.51. The lowest BCUT2D eigenvalue weighted by Crippen LogP contribution is -1.89. The van der Waals surface area contributed by atoms with Gasteiger partial charge in [0.15, 0.2) is 5.82 Å². The van der Waals surface area contributed by atoms with E-state index in [-0.39, 0.29) is 0 Å². The van der Waals surface area contributed by atoms with Gasteiger partial charge < -0.3 is 9.51 Å². The van der Waals surface area contributed by atoms with Crippen molar-refractivity contribution in [1.29, 1.82) is 5.26 Å². The predicted octanol–water partition coefficient (Wildman–Crippen LogP) is 1.89. The molecule has 0 atom stereocenters. The Kier molecular flexibility index (Phi) is 2.00. The van der Waals surface area contributed by atoms with Crippen LogP contribution < -0.4 is 0 Å². The number of nitrogens with one attached hydrogen (secondary N) is 1. The van der Waals surface area contributed by atoms with Crippen LogP contribution in [0.15, 0.2) is 16.8 Å². The van der Waals surface area contributed by atoms with Gasteiger partial charge in [-0.1, -0.05) is 5.16 Å². The van der Waals surface area contributed by atoms with Crippen molar-refractivity contribution in [3.8, 4) is 17.7 Å². The van der Waals surface area contributed by atoms with Crippen LogP contribution in [0.2, 0.25) is 0 Å². The average Bonchev–Trinajstić information content (AvgIpc) is 2.83. The third kappa shape index (κ3) is 1.70. The van der Waals surface area contributed by atoms with Crippen LogP contribution in [0.25, 0.3) is 11.6 Å². The van der Waals surface area contributed by atoms with Crippen molar-refractivity contribution in [2.75, 3.05) is 0 Å². The zero-order valence-electron chi connectivity index (χ0n) is 8.60. The van der Waals surface area contributed by atoms with Crippen molar-refractivity contribution in [3.63, 3.8) is 0 Å². The van der Waals surface area contributed by atoms with E-state index in [1.807, 2.05) is 6.07 Å². The number of nitrogens with zero attached hydrogens (tertiary/aromatic N) is 3. The number of aromatic amines is 1. The van der Waals surface area contributed by atoms with Gasteiger partial charge in [0.05, 0.1) is 5.56 Å². The molecule has 5 nitrogen and oxygen atoms in total. The van der Waals surface area contributed by atoms with Gasteiger partial charge in [-0.25, -0.2) is 0 Å². The van der Waals surface area contributed by atoms with Gasteiger partial charge in [-0.05, 0) is 24.8 Å². The topological polar surface area (TPSA) is 78.5 Å². The summed E-state index contributed by atoms with van der Waals surface area (Å²) in [5.74, 6) is 1.95. The zero-order valence-corrected chi connectivity index (χ0v) is 8.60. The van der Waals surface area contributed by atoms with E-state index in [1.165, 1.54) is 12.8 Å². The Hall–Kier alpha value is -2.09. The maximum absolute atomic E-state index is 8.69. The first-order valence-corrected chi connectivity index (χ1v) is 5.26. The van der Waals surface area contributed by atoms with E-state index in [0.29, 0.717) is 17.1 Å². The van der Waals surface area contributed by atoms with E-state index in [4.69, 9.17) is 9.78 Å². The molecule has 0 aliphatic heterocycles. The lowest BCUT2D eigenvalue weighted by molar-refractivity contribution is 0.420. The van der Waals surface area contributed by atoms with Crippen LogP contribution in [0.3, 0.4) is 0 Å². The molecular formula is C11H10N4O. The van der Waals surface area contributed by atoms with Gasteiger partial charge in [-0.3, -0.25) is 0 Å². The smallest absolute Gasteiger partial charge is 0.274 e. The Balaban J connectivity index is 1.82. The maximum atomic E-state index is 8.69. The quantitative estimate of drug-likeness (QED) is 0.846. The van der Waals surface area contributed by atoms with Crippen molar-refractivity contribution in [1.82, 2.24) is 15.1 Å². The van der Waals surface area contributed by atoms with Gasteiger partial charge in [0.1, 0.15) is 11.8 Å². The van der Waals surface area contributed by atoms with Crippen LogP contribution in [0.5, 0.6) is 0 Å². The molecule has 80 valence electrons. The van der Waals surface area contributed by atoms with Crippen LogP contribution in [-0.2, 0) is 6.42 Å². The minimum atomic E-state index is 0.456. The maximum Gasteiger partial charge on any atom is 0.274 e. The van der Waals surface area contributed by atoms with Crippen molar-refractivity contribution >= 4 is 0 Å². The van der Waals surface area contributed by atoms with Gasteiger partial charge in [0, 0.05) is 12.6 Å². The average molecular weight is 214 g/mol. The monoisotopic (exact) mass is 214 g/mol. The molecule has 1 saturated carbocycles. The minimum Gasteiger partial charge on any atom is -0.356 e. The third-order valence-corrected chi connectivity index (χ3v) is 2.68. The normalized spacial score (nSPS) is 14.9. The molecule has 1 fully saturated rings. The van der Waals surface area contributed by atoms with E-state index >= 15 is 0 Å². The van der Waals surface area contributed by atoms with Gasteiger partial charge in [-0.2, -0.15) is 10.2 Å². The summed E-state index contributed by atoms with van der Waals surface area (Å²) in [5, 5.41) is 12.6. The Morgan fingerprint density at radius 1 is 1.56 bits per heavy atom. The minimum absolute atomic E-state index is 0.456. The Morgan fingerprint density at radius 2 is 2.44 bits per heavy atom. The predicted molar refractivity (Wildman–Crippen MR) is 55.2 cm³/mol. The third-order valence-electron chi connectivity index (χ3n) is 2.68. The summed E-state index contributed by atoms with van der Waals surface area (Å²) in [6.07, 6.45) is 5.06. The summed E-state index contributed by atoms with van der Waals surface area (Å²) >= 11 is 0. The number of hydrogen-bond acceptors (Lipinski definition) is 4. The second-order valence-corrected chi connectivity index (χ2v) is 4.08. The second-order valence-electron chi connectivity index (χ2n) is 4.08. The van der Waals surface area contributed by atoms with Gasteiger partial charge in [-0.15, -0.1) is 0 Å². The first-order chi connectivity index (χ1) is 7.85. The first kappa shape index (κ1) is 9.16. The molecule has 3 rings (SSSR count). The van der Waals surface area contributed by atoms with Crippen molar-refractivity contribution in [2.24, 2.45) is 5.92 Å². The Labute approximate surface area is 92.1 Å². The van der Waals surface area contributed by atoms with E-state index in [2.05, 4.69) is 15.1 Å². The molecule has 2 heterocycles. The SMILES string of the molecule is N#Cc1c[nH]c(-c2nc(CC3CC3)no2)c1. The fourth-order valence-electron chi connectivity index (χ4n) is 1.61. The van der Waals surface area contributed by atoms with Gasteiger partial charge >= 0.3 is 0 Å². The standard InChI is InChI=1S/C11H10N4O/c12-5-8-3-9(13-6-8)11-14-10(15-16-11)4-7-1-2-7/h3,6-7,13H,1-2,4H2. The largest absolute Gasteiger partial charge is 0.356 e. The molecule has 16 heavy (non-hydrogen) atoms. The highest BCUT2D eigenvalue weighted by atomic mass is 16.5. The first-order valence-electron chi connectivity index (χ1n) is 5.26. The van der Waals surface area contributed by atoms with Crippen LogP contribution in [0.1, 0.15) is 24.2 Å². The van der Waals surface area contributed by atoms with Crippen LogP contribution in [0.4, 0.5) is 0 Å². The number of nitriles is 1. The molecular weight excluding hydrogens is 204 g/mol. The van der Waals surface area contributed by atoms with Gasteiger partial charge in [0.25, 0.3) is 5.89 Å². The van der Waals surface area contributed by atoms with E-state index < -0.39 is 0 Å². The number of hydrogen-bond donors (Lipinski definition) is 1. The zero-order chi connectivity index (χ0) is 11.0. The van der Waals surface area contributed by atoms with Crippen LogP contribution in [0, 0.1) is 17.2 Å². The molecule has 0 amide bonds. The second kappa shape index (κ2) is 3.49. The molecule has 0 unspecified atom stereocenters. The highest BCUT2D eigenvalue weighted by Crippen LogP contribution is 2.32. The summed E-state index contributed by atoms with van der Waals surface area (Å²) in [6.45, 7) is 0. The molecule has 0 radical (unpaired) electrons. The molecule has 1 N–H and O–H groups in total. The fraction of sp³-hybridized carbons (Fsp3) is 0.364. The molecule has 2 aromatic heterocycles. The molecule has 0 spiro atoms. The number of rotatable bonds is 3. The van der Waals surface area contributed by atoms with Crippen LogP contribution >= 0.6 is 0 Å². The van der Waals surface area contributed by atoms with Crippen LogP contribution in [-0.4, -0.2) is 15.1 Å². The summed E-state index contributed by atoms with van der Waals surface area (Å²) in [6, 6.07) is 3.75. The Morgan fingerprint density at radius 3 is 3.12 bits per heavy atom. The van der Waals surface area contributed by atoms with Crippen molar-refractivity contribution < 1.29 is 4.52 Å². The molecule has 0 bridgehead atoms. The highest BCUT2D eigenvalue weighted by Gasteiger charge is 2.24. The van der Waals surface area contributed by atoms with E-state index in [0.717, 1.165) is 18.2 Å². The molecule has 5 heteroatoms. The van der Waals surface area contributed by atoms with Crippen molar-refractivity contribution in [3.05, 3.63) is 23.7 Å². The van der Waals surface area contributed by atoms with E-state index in [9.17, 15) is 0 Å². The molecule has 2 aromatic rings. The summed E-state index contributed by atoms with van der Waals surface area (Å²) in [5.41, 5.74) is 1.27. The molecule has 0 saturated heterocycles. The fourth-order valence-corrected chi connectivity index (χ4v) is 1.61. The molecule has 0 aromatic carbocycles. The Bertz CT molecular complexity index is 544. The molecule has 1 aliphatic rings. The van der Waals surface area contributed by atoms with Crippen molar-refractivity contribution in [2.45, 2.75) is 19.3 Å². The van der Waals surface area contributed by atoms with E-state index in [1.54, 1.807) is 12.3 Å². The summed E-state index contributed by atoms with van der Waals surface area (Å²) < 4.78 is 5.14. The van der Waals surface area contributed by atoms with Gasteiger partial charge in [0.2, 0.25) is 0 Å². The molecule has 1 aliphatic carbocycles. The summed E-state index contributed by atoms with van der Waals surface area (Å²) in [7, 11) is 0. The number of H-pyrrole nitrogens is 1. The number of aromatic nitrogens is 3.